The number of rotatable bonds is 6. The zero-order valence-electron chi connectivity index (χ0n) is 10.4. The lowest BCUT2D eigenvalue weighted by Crippen LogP contribution is -2.36. The maximum Gasteiger partial charge on any atom is 0.260 e. The van der Waals surface area contributed by atoms with Gasteiger partial charge in [-0.05, 0) is 32.4 Å². The summed E-state index contributed by atoms with van der Waals surface area (Å²) in [6.45, 7) is 7.95. The van der Waals surface area contributed by atoms with E-state index in [-0.39, 0.29) is 5.91 Å². The fourth-order valence-corrected chi connectivity index (χ4v) is 1.32. The third-order valence-electron chi connectivity index (χ3n) is 2.35. The summed E-state index contributed by atoms with van der Waals surface area (Å²) >= 11 is 0. The van der Waals surface area contributed by atoms with Crippen LogP contribution in [0.4, 0.5) is 0 Å². The smallest absolute Gasteiger partial charge is 0.260 e. The number of carbonyl (C=O) groups excluding carboxylic acids is 1. The zero-order chi connectivity index (χ0) is 12.7. The van der Waals surface area contributed by atoms with Crippen LogP contribution in [0, 0.1) is 6.92 Å². The Morgan fingerprint density at radius 2 is 2.12 bits per heavy atom. The van der Waals surface area contributed by atoms with Gasteiger partial charge < -0.3 is 10.1 Å². The number of hydrogen-bond acceptors (Lipinski definition) is 2. The van der Waals surface area contributed by atoms with E-state index in [2.05, 4.69) is 11.9 Å². The molecule has 0 bridgehead atoms. The van der Waals surface area contributed by atoms with E-state index >= 15 is 0 Å². The van der Waals surface area contributed by atoms with Crippen molar-refractivity contribution in [3.05, 3.63) is 42.5 Å². The van der Waals surface area contributed by atoms with E-state index in [9.17, 15) is 4.79 Å². The minimum Gasteiger partial charge on any atom is -0.481 e. The molecule has 1 amide bonds. The quantitative estimate of drug-likeness (QED) is 0.605. The van der Waals surface area contributed by atoms with Crippen molar-refractivity contribution >= 4 is 5.91 Å². The van der Waals surface area contributed by atoms with Crippen LogP contribution in [0.2, 0.25) is 0 Å². The van der Waals surface area contributed by atoms with Crippen molar-refractivity contribution in [3.8, 4) is 5.75 Å². The van der Waals surface area contributed by atoms with Crippen LogP contribution in [0.5, 0.6) is 5.75 Å². The first-order valence-corrected chi connectivity index (χ1v) is 5.75. The fourth-order valence-electron chi connectivity index (χ4n) is 1.32. The Morgan fingerprint density at radius 3 is 2.71 bits per heavy atom. The second-order valence-corrected chi connectivity index (χ2v) is 3.94. The zero-order valence-corrected chi connectivity index (χ0v) is 10.4. The van der Waals surface area contributed by atoms with Crippen LogP contribution >= 0.6 is 0 Å². The summed E-state index contributed by atoms with van der Waals surface area (Å²) < 4.78 is 5.52. The molecule has 3 nitrogen and oxygen atoms in total. The molecule has 0 fully saturated rings. The molecule has 1 unspecified atom stereocenters. The predicted molar refractivity (Wildman–Crippen MR) is 69.1 cm³/mol. The van der Waals surface area contributed by atoms with E-state index in [1.165, 1.54) is 5.56 Å². The molecule has 0 radical (unpaired) electrons. The Hall–Kier alpha value is -1.77. The molecule has 1 aromatic rings. The van der Waals surface area contributed by atoms with Gasteiger partial charge in [-0.15, -0.1) is 6.58 Å². The molecule has 0 saturated heterocycles. The molecule has 0 aromatic heterocycles. The van der Waals surface area contributed by atoms with Crippen molar-refractivity contribution in [2.45, 2.75) is 26.4 Å². The maximum absolute atomic E-state index is 11.6. The molecular formula is C14H19NO2. The number of aryl methyl sites for hydroxylation is 1. The molecule has 0 aliphatic rings. The minimum absolute atomic E-state index is 0.104. The first-order chi connectivity index (χ1) is 8.13. The number of nitrogens with one attached hydrogen (secondary N) is 1. The van der Waals surface area contributed by atoms with E-state index in [4.69, 9.17) is 4.74 Å². The number of carbonyl (C=O) groups is 1. The Balaban J connectivity index is 2.42. The molecule has 1 atom stereocenters. The van der Waals surface area contributed by atoms with E-state index in [1.807, 2.05) is 31.2 Å². The van der Waals surface area contributed by atoms with Gasteiger partial charge in [0.25, 0.3) is 5.91 Å². The highest BCUT2D eigenvalue weighted by Crippen LogP contribution is 2.13. The van der Waals surface area contributed by atoms with Crippen LogP contribution in [0.1, 0.15) is 18.9 Å². The molecule has 0 aliphatic heterocycles. The monoisotopic (exact) mass is 233 g/mol. The summed E-state index contributed by atoms with van der Waals surface area (Å²) in [6.07, 6.45) is 2.05. The highest BCUT2D eigenvalue weighted by Gasteiger charge is 2.13. The van der Waals surface area contributed by atoms with Gasteiger partial charge in [0.15, 0.2) is 6.10 Å². The van der Waals surface area contributed by atoms with Crippen molar-refractivity contribution in [2.75, 3.05) is 6.54 Å². The fraction of sp³-hybridized carbons (Fsp3) is 0.357. The summed E-state index contributed by atoms with van der Waals surface area (Å²) in [5.41, 5.74) is 1.17. The van der Waals surface area contributed by atoms with E-state index in [0.29, 0.717) is 12.3 Å². The lowest BCUT2D eigenvalue weighted by molar-refractivity contribution is -0.127. The normalized spacial score (nSPS) is 11.6. The van der Waals surface area contributed by atoms with E-state index in [1.54, 1.807) is 13.0 Å². The summed E-state index contributed by atoms with van der Waals surface area (Å²) in [4.78, 5) is 11.6. The largest absolute Gasteiger partial charge is 0.481 e. The van der Waals surface area contributed by atoms with Gasteiger partial charge in [-0.2, -0.15) is 0 Å². The molecule has 92 valence electrons. The van der Waals surface area contributed by atoms with Crippen LogP contribution in [0.3, 0.4) is 0 Å². The van der Waals surface area contributed by atoms with E-state index in [0.717, 1.165) is 6.42 Å². The average molecular weight is 233 g/mol. The van der Waals surface area contributed by atoms with Crippen LogP contribution in [-0.2, 0) is 4.79 Å². The van der Waals surface area contributed by atoms with Gasteiger partial charge in [-0.25, -0.2) is 0 Å². The summed E-state index contributed by atoms with van der Waals surface area (Å²) in [5, 5.41) is 2.78. The Kier molecular flexibility index (Phi) is 5.27. The molecule has 17 heavy (non-hydrogen) atoms. The number of ether oxygens (including phenoxy) is 1. The average Bonchev–Trinajstić information content (AvgIpc) is 2.32. The Labute approximate surface area is 102 Å². The van der Waals surface area contributed by atoms with Crippen molar-refractivity contribution < 1.29 is 9.53 Å². The molecule has 0 heterocycles. The minimum atomic E-state index is -0.484. The van der Waals surface area contributed by atoms with Crippen LogP contribution in [0.25, 0.3) is 0 Å². The van der Waals surface area contributed by atoms with Crippen LogP contribution in [0.15, 0.2) is 36.9 Å². The number of hydrogen-bond donors (Lipinski definition) is 1. The maximum atomic E-state index is 11.6. The summed E-state index contributed by atoms with van der Waals surface area (Å²) in [5.74, 6) is 0.606. The first-order valence-electron chi connectivity index (χ1n) is 5.75. The third-order valence-corrected chi connectivity index (χ3v) is 2.35. The molecule has 3 heteroatoms. The number of benzene rings is 1. The van der Waals surface area contributed by atoms with Gasteiger partial charge >= 0.3 is 0 Å². The first kappa shape index (κ1) is 13.3. The predicted octanol–water partition coefficient (Wildman–Crippen LogP) is 2.45. The van der Waals surface area contributed by atoms with Gasteiger partial charge in [0.1, 0.15) is 5.75 Å². The van der Waals surface area contributed by atoms with Crippen LogP contribution < -0.4 is 10.1 Å². The van der Waals surface area contributed by atoms with Gasteiger partial charge in [0, 0.05) is 6.54 Å². The second kappa shape index (κ2) is 6.74. The Bertz CT molecular complexity index is 370. The molecule has 0 saturated carbocycles. The van der Waals surface area contributed by atoms with Crippen molar-refractivity contribution in [1.29, 1.82) is 0 Å². The van der Waals surface area contributed by atoms with Crippen molar-refractivity contribution in [1.82, 2.24) is 5.32 Å². The second-order valence-electron chi connectivity index (χ2n) is 3.94. The van der Waals surface area contributed by atoms with Crippen molar-refractivity contribution in [2.24, 2.45) is 0 Å². The van der Waals surface area contributed by atoms with Gasteiger partial charge in [-0.1, -0.05) is 23.8 Å². The third kappa shape index (κ3) is 4.72. The summed E-state index contributed by atoms with van der Waals surface area (Å²) in [6, 6.07) is 7.64. The molecule has 0 spiro atoms. The van der Waals surface area contributed by atoms with Gasteiger partial charge in [-0.3, -0.25) is 4.79 Å². The standard InChI is InChI=1S/C14H19NO2/c1-4-5-10-15-14(16)12(3)17-13-8-6-11(2)7-9-13/h4,6-9,12H,1,5,10H2,2-3H3,(H,15,16). The molecule has 1 rings (SSSR count). The van der Waals surface area contributed by atoms with Crippen LogP contribution in [-0.4, -0.2) is 18.6 Å². The molecule has 1 N–H and O–H groups in total. The van der Waals surface area contributed by atoms with Gasteiger partial charge in [0.05, 0.1) is 0 Å². The molecule has 0 aliphatic carbocycles. The molecule has 1 aromatic carbocycles. The SMILES string of the molecule is C=CCCNC(=O)C(C)Oc1ccc(C)cc1. The Morgan fingerprint density at radius 1 is 1.47 bits per heavy atom. The number of amides is 1. The lowest BCUT2D eigenvalue weighted by Gasteiger charge is -2.14. The van der Waals surface area contributed by atoms with Gasteiger partial charge in [0.2, 0.25) is 0 Å². The lowest BCUT2D eigenvalue weighted by atomic mass is 10.2. The topological polar surface area (TPSA) is 38.3 Å². The molecular weight excluding hydrogens is 214 g/mol. The highest BCUT2D eigenvalue weighted by molar-refractivity contribution is 5.80. The highest BCUT2D eigenvalue weighted by atomic mass is 16.5. The van der Waals surface area contributed by atoms with Crippen molar-refractivity contribution in [3.63, 3.8) is 0 Å². The van der Waals surface area contributed by atoms with E-state index < -0.39 is 6.10 Å². The summed E-state index contributed by atoms with van der Waals surface area (Å²) in [7, 11) is 0.